The molecule has 0 aromatic heterocycles. The number of hydrogen-bond acceptors (Lipinski definition) is 3. The molecule has 1 aliphatic heterocycles. The average molecular weight is 411 g/mol. The zero-order valence-corrected chi connectivity index (χ0v) is 18.1. The monoisotopic (exact) mass is 410 g/mol. The summed E-state index contributed by atoms with van der Waals surface area (Å²) in [5.74, 6) is -0.337. The van der Waals surface area contributed by atoms with Crippen molar-refractivity contribution >= 4 is 23.0 Å². The SMILES string of the molecule is CC(=O)[C@@H](NC(=O)C1=C(C)N(c2ccccc2)Cc2cccc(C)c21)c1ccccc1. The highest BCUT2D eigenvalue weighted by molar-refractivity contribution is 6.23. The number of anilines is 1. The van der Waals surface area contributed by atoms with Crippen molar-refractivity contribution < 1.29 is 9.59 Å². The van der Waals surface area contributed by atoms with Gasteiger partial charge >= 0.3 is 0 Å². The summed E-state index contributed by atoms with van der Waals surface area (Å²) in [4.78, 5) is 28.2. The van der Waals surface area contributed by atoms with E-state index in [1.165, 1.54) is 6.92 Å². The smallest absolute Gasteiger partial charge is 0.254 e. The van der Waals surface area contributed by atoms with Crippen molar-refractivity contribution in [3.63, 3.8) is 0 Å². The van der Waals surface area contributed by atoms with Gasteiger partial charge in [-0.1, -0.05) is 66.7 Å². The fourth-order valence-electron chi connectivity index (χ4n) is 4.26. The van der Waals surface area contributed by atoms with Gasteiger partial charge in [-0.2, -0.15) is 0 Å². The molecule has 0 radical (unpaired) electrons. The van der Waals surface area contributed by atoms with E-state index in [2.05, 4.69) is 16.3 Å². The van der Waals surface area contributed by atoms with Gasteiger partial charge in [0.2, 0.25) is 0 Å². The molecule has 4 rings (SSSR count). The van der Waals surface area contributed by atoms with Gasteiger partial charge in [0.05, 0.1) is 5.57 Å². The number of fused-ring (bicyclic) bond motifs is 1. The third kappa shape index (κ3) is 4.02. The molecular weight excluding hydrogens is 384 g/mol. The molecule has 3 aromatic carbocycles. The van der Waals surface area contributed by atoms with Crippen LogP contribution in [0.15, 0.2) is 84.6 Å². The number of hydrogen-bond donors (Lipinski definition) is 1. The first-order valence-electron chi connectivity index (χ1n) is 10.5. The van der Waals surface area contributed by atoms with Crippen LogP contribution in [0.3, 0.4) is 0 Å². The number of carbonyl (C=O) groups excluding carboxylic acids is 2. The van der Waals surface area contributed by atoms with Crippen LogP contribution >= 0.6 is 0 Å². The molecule has 0 saturated heterocycles. The Morgan fingerprint density at radius 3 is 2.16 bits per heavy atom. The van der Waals surface area contributed by atoms with E-state index in [-0.39, 0.29) is 11.7 Å². The van der Waals surface area contributed by atoms with Gasteiger partial charge in [0.15, 0.2) is 5.78 Å². The third-order valence-corrected chi connectivity index (χ3v) is 5.81. The van der Waals surface area contributed by atoms with Crippen molar-refractivity contribution in [3.05, 3.63) is 107 Å². The molecule has 0 aliphatic carbocycles. The molecule has 3 aromatic rings. The predicted octanol–water partition coefficient (Wildman–Crippen LogP) is 5.19. The van der Waals surface area contributed by atoms with Gasteiger partial charge in [-0.25, -0.2) is 0 Å². The highest BCUT2D eigenvalue weighted by atomic mass is 16.2. The van der Waals surface area contributed by atoms with Crippen molar-refractivity contribution in [2.75, 3.05) is 4.90 Å². The van der Waals surface area contributed by atoms with Crippen molar-refractivity contribution in [1.29, 1.82) is 0 Å². The van der Waals surface area contributed by atoms with Gasteiger partial charge in [-0.05, 0) is 55.2 Å². The summed E-state index contributed by atoms with van der Waals surface area (Å²) in [5.41, 5.74) is 6.41. The molecular formula is C27H26N2O2. The first kappa shape index (κ1) is 20.6. The van der Waals surface area contributed by atoms with E-state index in [9.17, 15) is 9.59 Å². The van der Waals surface area contributed by atoms with Gasteiger partial charge in [0.1, 0.15) is 6.04 Å². The normalized spacial score (nSPS) is 14.1. The Morgan fingerprint density at radius 2 is 1.52 bits per heavy atom. The number of aryl methyl sites for hydroxylation is 1. The lowest BCUT2D eigenvalue weighted by Crippen LogP contribution is -2.37. The Bertz CT molecular complexity index is 1150. The fraction of sp³-hybridized carbons (Fsp3) is 0.185. The second-order valence-corrected chi connectivity index (χ2v) is 7.92. The Kier molecular flexibility index (Phi) is 5.72. The molecule has 156 valence electrons. The van der Waals surface area contributed by atoms with Crippen molar-refractivity contribution in [1.82, 2.24) is 5.32 Å². The molecule has 31 heavy (non-hydrogen) atoms. The van der Waals surface area contributed by atoms with Crippen LogP contribution in [0.1, 0.15) is 42.1 Å². The predicted molar refractivity (Wildman–Crippen MR) is 124 cm³/mol. The molecule has 0 saturated carbocycles. The minimum Gasteiger partial charge on any atom is -0.340 e. The number of rotatable bonds is 5. The van der Waals surface area contributed by atoms with E-state index in [1.54, 1.807) is 0 Å². The third-order valence-electron chi connectivity index (χ3n) is 5.81. The lowest BCUT2D eigenvalue weighted by atomic mass is 9.88. The van der Waals surface area contributed by atoms with Crippen molar-refractivity contribution in [3.8, 4) is 0 Å². The Labute approximate surface area is 183 Å². The van der Waals surface area contributed by atoms with Crippen LogP contribution in [0.25, 0.3) is 5.57 Å². The minimum atomic E-state index is -0.687. The molecule has 1 heterocycles. The van der Waals surface area contributed by atoms with E-state index in [0.717, 1.165) is 33.6 Å². The molecule has 0 spiro atoms. The first-order valence-corrected chi connectivity index (χ1v) is 10.5. The summed E-state index contributed by atoms with van der Waals surface area (Å²) in [7, 11) is 0. The van der Waals surface area contributed by atoms with Gasteiger partial charge in [-0.15, -0.1) is 0 Å². The number of allylic oxidation sites excluding steroid dienone is 1. The van der Waals surface area contributed by atoms with Crippen LogP contribution in [0.5, 0.6) is 0 Å². The lowest BCUT2D eigenvalue weighted by molar-refractivity contribution is -0.124. The molecule has 1 atom stereocenters. The van der Waals surface area contributed by atoms with Gasteiger partial charge in [0, 0.05) is 17.9 Å². The Morgan fingerprint density at radius 1 is 0.871 bits per heavy atom. The number of nitrogens with zero attached hydrogens (tertiary/aromatic N) is 1. The second-order valence-electron chi connectivity index (χ2n) is 7.92. The lowest BCUT2D eigenvalue weighted by Gasteiger charge is -2.34. The molecule has 1 amide bonds. The Hall–Kier alpha value is -3.66. The molecule has 0 bridgehead atoms. The Balaban J connectivity index is 1.79. The quantitative estimate of drug-likeness (QED) is 0.630. The maximum atomic E-state index is 13.6. The molecule has 0 fully saturated rings. The van der Waals surface area contributed by atoms with Crippen molar-refractivity contribution in [2.24, 2.45) is 0 Å². The van der Waals surface area contributed by atoms with E-state index >= 15 is 0 Å². The summed E-state index contributed by atoms with van der Waals surface area (Å²) in [5, 5.41) is 3.00. The molecule has 4 nitrogen and oxygen atoms in total. The standard InChI is InChI=1S/C27H26N2O2/c1-18-11-10-14-22-17-29(23-15-8-5-9-16-23)19(2)25(24(18)22)27(31)28-26(20(3)30)21-12-6-4-7-13-21/h4-16,26H,17H2,1-3H3,(H,28,31)/t26-/m1/s1. The molecule has 1 aliphatic rings. The number of nitrogens with one attached hydrogen (secondary N) is 1. The summed E-state index contributed by atoms with van der Waals surface area (Å²) in [6.45, 7) is 6.20. The van der Waals surface area contributed by atoms with Gasteiger partial charge in [-0.3, -0.25) is 9.59 Å². The van der Waals surface area contributed by atoms with Crippen LogP contribution in [0, 0.1) is 6.92 Å². The highest BCUT2D eigenvalue weighted by Crippen LogP contribution is 2.37. The first-order chi connectivity index (χ1) is 15.0. The molecule has 1 N–H and O–H groups in total. The van der Waals surface area contributed by atoms with E-state index in [0.29, 0.717) is 12.1 Å². The van der Waals surface area contributed by atoms with Crippen LogP contribution in [-0.2, 0) is 16.1 Å². The fourth-order valence-corrected chi connectivity index (χ4v) is 4.26. The second kappa shape index (κ2) is 8.60. The molecule has 4 heteroatoms. The maximum Gasteiger partial charge on any atom is 0.254 e. The summed E-state index contributed by atoms with van der Waals surface area (Å²) in [6, 6.07) is 24.9. The van der Waals surface area contributed by atoms with Crippen LogP contribution in [0.2, 0.25) is 0 Å². The highest BCUT2D eigenvalue weighted by Gasteiger charge is 2.30. The minimum absolute atomic E-state index is 0.0986. The van der Waals surface area contributed by atoms with E-state index in [1.807, 2.05) is 86.6 Å². The number of Topliss-reactive ketones (excluding diaryl/α,β-unsaturated/α-hetero) is 1. The number of carbonyl (C=O) groups is 2. The van der Waals surface area contributed by atoms with Gasteiger partial charge in [0.25, 0.3) is 5.91 Å². The summed E-state index contributed by atoms with van der Waals surface area (Å²) >= 11 is 0. The van der Waals surface area contributed by atoms with Crippen LogP contribution in [0.4, 0.5) is 5.69 Å². The maximum absolute atomic E-state index is 13.6. The zero-order valence-electron chi connectivity index (χ0n) is 18.1. The number of benzene rings is 3. The van der Waals surface area contributed by atoms with E-state index in [4.69, 9.17) is 0 Å². The number of para-hydroxylation sites is 1. The molecule has 0 unspecified atom stereocenters. The van der Waals surface area contributed by atoms with E-state index < -0.39 is 6.04 Å². The number of amides is 1. The summed E-state index contributed by atoms with van der Waals surface area (Å²) in [6.07, 6.45) is 0. The van der Waals surface area contributed by atoms with Crippen LogP contribution < -0.4 is 10.2 Å². The largest absolute Gasteiger partial charge is 0.340 e. The van der Waals surface area contributed by atoms with Gasteiger partial charge < -0.3 is 10.2 Å². The van der Waals surface area contributed by atoms with Crippen molar-refractivity contribution in [2.45, 2.75) is 33.4 Å². The number of ketones is 1. The zero-order chi connectivity index (χ0) is 22.0. The summed E-state index contributed by atoms with van der Waals surface area (Å²) < 4.78 is 0. The topological polar surface area (TPSA) is 49.4 Å². The average Bonchev–Trinajstić information content (AvgIpc) is 2.78. The van der Waals surface area contributed by atoms with Crippen LogP contribution in [-0.4, -0.2) is 11.7 Å².